The van der Waals surface area contributed by atoms with Crippen LogP contribution in [0.1, 0.15) is 44.3 Å². The smallest absolute Gasteiger partial charge is 0.312 e. The predicted octanol–water partition coefficient (Wildman–Crippen LogP) is 3.33. The van der Waals surface area contributed by atoms with Crippen molar-refractivity contribution >= 4 is 17.6 Å². The summed E-state index contributed by atoms with van der Waals surface area (Å²) in [5, 5.41) is 0.566. The standard InChI is InChI=1S/C16H21ClN2O2/c1-19-13(17)8-18-14(19)9-21-15(20)16-5-10-2-11(6-16)4-12(3-10)7-16/h8,10-12H,2-7,9H2,1H3. The maximum atomic E-state index is 12.7. The molecule has 0 atom stereocenters. The van der Waals surface area contributed by atoms with Gasteiger partial charge in [-0.05, 0) is 56.3 Å². The molecule has 5 heteroatoms. The number of hydrogen-bond acceptors (Lipinski definition) is 3. The van der Waals surface area contributed by atoms with Gasteiger partial charge in [-0.1, -0.05) is 11.6 Å². The molecule has 21 heavy (non-hydrogen) atoms. The molecule has 4 saturated carbocycles. The number of ether oxygens (including phenoxy) is 1. The van der Waals surface area contributed by atoms with Crippen LogP contribution in [0, 0.1) is 23.2 Å². The zero-order valence-electron chi connectivity index (χ0n) is 12.3. The third kappa shape index (κ3) is 2.19. The number of aromatic nitrogens is 2. The highest BCUT2D eigenvalue weighted by atomic mass is 35.5. The van der Waals surface area contributed by atoms with Gasteiger partial charge in [0.25, 0.3) is 0 Å². The van der Waals surface area contributed by atoms with Crippen LogP contribution in [0.4, 0.5) is 0 Å². The van der Waals surface area contributed by atoms with E-state index in [0.29, 0.717) is 11.0 Å². The van der Waals surface area contributed by atoms with Gasteiger partial charge < -0.3 is 9.30 Å². The van der Waals surface area contributed by atoms with Gasteiger partial charge in [0, 0.05) is 7.05 Å². The van der Waals surface area contributed by atoms with Gasteiger partial charge in [0.1, 0.15) is 17.6 Å². The summed E-state index contributed by atoms with van der Waals surface area (Å²) in [7, 11) is 1.84. The van der Waals surface area contributed by atoms with Crippen molar-refractivity contribution in [3.63, 3.8) is 0 Å². The monoisotopic (exact) mass is 308 g/mol. The first-order chi connectivity index (χ1) is 10.1. The average Bonchev–Trinajstić information content (AvgIpc) is 2.75. The Morgan fingerprint density at radius 1 is 1.33 bits per heavy atom. The van der Waals surface area contributed by atoms with Gasteiger partial charge in [-0.15, -0.1) is 0 Å². The van der Waals surface area contributed by atoms with E-state index in [4.69, 9.17) is 16.3 Å². The summed E-state index contributed by atoms with van der Waals surface area (Å²) in [4.78, 5) is 16.9. The Morgan fingerprint density at radius 2 is 1.90 bits per heavy atom. The van der Waals surface area contributed by atoms with Gasteiger partial charge in [-0.25, -0.2) is 4.98 Å². The molecule has 0 unspecified atom stereocenters. The zero-order chi connectivity index (χ0) is 14.6. The van der Waals surface area contributed by atoms with E-state index in [9.17, 15) is 4.79 Å². The molecule has 4 nitrogen and oxygen atoms in total. The number of imidazole rings is 1. The van der Waals surface area contributed by atoms with Gasteiger partial charge in [-0.2, -0.15) is 0 Å². The van der Waals surface area contributed by atoms with Crippen molar-refractivity contribution in [1.29, 1.82) is 0 Å². The van der Waals surface area contributed by atoms with Crippen molar-refractivity contribution in [2.45, 2.75) is 45.1 Å². The second-order valence-electron chi connectivity index (χ2n) is 7.33. The van der Waals surface area contributed by atoms with Crippen molar-refractivity contribution in [3.8, 4) is 0 Å². The molecule has 5 rings (SSSR count). The molecule has 1 aromatic heterocycles. The highest BCUT2D eigenvalue weighted by Crippen LogP contribution is 2.60. The van der Waals surface area contributed by atoms with E-state index in [-0.39, 0.29) is 18.0 Å². The number of esters is 1. The van der Waals surface area contributed by atoms with Crippen LogP contribution in [0.25, 0.3) is 0 Å². The van der Waals surface area contributed by atoms with E-state index in [2.05, 4.69) is 4.98 Å². The third-order valence-electron chi connectivity index (χ3n) is 5.83. The third-order valence-corrected chi connectivity index (χ3v) is 6.18. The Labute approximate surface area is 129 Å². The summed E-state index contributed by atoms with van der Waals surface area (Å²) in [6.07, 6.45) is 8.72. The minimum Gasteiger partial charge on any atom is -0.457 e. The lowest BCUT2D eigenvalue weighted by atomic mass is 9.49. The van der Waals surface area contributed by atoms with Crippen LogP contribution in [0.3, 0.4) is 0 Å². The number of carbonyl (C=O) groups excluding carboxylic acids is 1. The fourth-order valence-electron chi connectivity index (χ4n) is 5.20. The van der Waals surface area contributed by atoms with E-state index in [1.165, 1.54) is 19.3 Å². The molecular weight excluding hydrogens is 288 g/mol. The summed E-state index contributed by atoms with van der Waals surface area (Å²) in [6, 6.07) is 0. The summed E-state index contributed by atoms with van der Waals surface area (Å²) in [6.45, 7) is 0.226. The van der Waals surface area contributed by atoms with E-state index in [1.807, 2.05) is 7.05 Å². The van der Waals surface area contributed by atoms with E-state index in [1.54, 1.807) is 10.8 Å². The fourth-order valence-corrected chi connectivity index (χ4v) is 5.35. The van der Waals surface area contributed by atoms with Gasteiger partial charge in [0.15, 0.2) is 0 Å². The normalized spacial score (nSPS) is 37.0. The maximum absolute atomic E-state index is 12.7. The Morgan fingerprint density at radius 3 is 2.38 bits per heavy atom. The Hall–Kier alpha value is -1.03. The number of halogens is 1. The van der Waals surface area contributed by atoms with Crippen LogP contribution in [0.2, 0.25) is 5.15 Å². The number of carbonyl (C=O) groups is 1. The Balaban J connectivity index is 1.46. The molecule has 0 N–H and O–H groups in total. The molecule has 1 heterocycles. The zero-order valence-corrected chi connectivity index (χ0v) is 13.1. The minimum atomic E-state index is -0.191. The molecule has 4 aliphatic carbocycles. The second kappa shape index (κ2) is 4.73. The first kappa shape index (κ1) is 13.6. The lowest BCUT2D eigenvalue weighted by molar-refractivity contribution is -0.173. The lowest BCUT2D eigenvalue weighted by Crippen LogP contribution is -2.50. The molecule has 0 saturated heterocycles. The van der Waals surface area contributed by atoms with Gasteiger partial charge in [0.2, 0.25) is 0 Å². The molecule has 0 amide bonds. The summed E-state index contributed by atoms with van der Waals surface area (Å²) in [5.74, 6) is 2.98. The number of hydrogen-bond donors (Lipinski definition) is 0. The van der Waals surface area contributed by atoms with Crippen molar-refractivity contribution in [2.24, 2.45) is 30.2 Å². The van der Waals surface area contributed by atoms with Crippen molar-refractivity contribution in [3.05, 3.63) is 17.2 Å². The van der Waals surface area contributed by atoms with Crippen molar-refractivity contribution < 1.29 is 9.53 Å². The summed E-state index contributed by atoms with van der Waals surface area (Å²) >= 11 is 5.96. The quantitative estimate of drug-likeness (QED) is 0.805. The first-order valence-corrected chi connectivity index (χ1v) is 8.27. The average molecular weight is 309 g/mol. The molecule has 0 aliphatic heterocycles. The maximum Gasteiger partial charge on any atom is 0.312 e. The molecule has 4 bridgehead atoms. The highest BCUT2D eigenvalue weighted by Gasteiger charge is 2.55. The van der Waals surface area contributed by atoms with E-state index >= 15 is 0 Å². The molecule has 114 valence electrons. The molecule has 4 fully saturated rings. The molecule has 0 aromatic carbocycles. The van der Waals surface area contributed by atoms with Crippen molar-refractivity contribution in [2.75, 3.05) is 0 Å². The van der Waals surface area contributed by atoms with Gasteiger partial charge in [-0.3, -0.25) is 4.79 Å². The highest BCUT2D eigenvalue weighted by molar-refractivity contribution is 6.29. The van der Waals surface area contributed by atoms with Crippen LogP contribution in [-0.2, 0) is 23.2 Å². The first-order valence-electron chi connectivity index (χ1n) is 7.89. The molecule has 4 aliphatic rings. The molecule has 0 radical (unpaired) electrons. The molecule has 1 aromatic rings. The molecule has 0 spiro atoms. The Kier molecular flexibility index (Phi) is 3.07. The van der Waals surface area contributed by atoms with Crippen LogP contribution in [0.15, 0.2) is 6.20 Å². The van der Waals surface area contributed by atoms with Gasteiger partial charge >= 0.3 is 5.97 Å². The summed E-state index contributed by atoms with van der Waals surface area (Å²) in [5.41, 5.74) is -0.191. The molecular formula is C16H21ClN2O2. The van der Waals surface area contributed by atoms with Gasteiger partial charge in [0.05, 0.1) is 11.6 Å². The summed E-state index contributed by atoms with van der Waals surface area (Å²) < 4.78 is 7.38. The van der Waals surface area contributed by atoms with E-state index in [0.717, 1.165) is 37.0 Å². The topological polar surface area (TPSA) is 44.1 Å². The van der Waals surface area contributed by atoms with Crippen LogP contribution >= 0.6 is 11.6 Å². The van der Waals surface area contributed by atoms with Crippen LogP contribution in [-0.4, -0.2) is 15.5 Å². The fraction of sp³-hybridized carbons (Fsp3) is 0.750. The van der Waals surface area contributed by atoms with Crippen LogP contribution < -0.4 is 0 Å². The Bertz CT molecular complexity index is 546. The number of nitrogens with zero attached hydrogens (tertiary/aromatic N) is 2. The lowest BCUT2D eigenvalue weighted by Gasteiger charge is -2.55. The predicted molar refractivity (Wildman–Crippen MR) is 78.6 cm³/mol. The van der Waals surface area contributed by atoms with E-state index < -0.39 is 0 Å². The van der Waals surface area contributed by atoms with Crippen molar-refractivity contribution in [1.82, 2.24) is 9.55 Å². The number of rotatable bonds is 3. The second-order valence-corrected chi connectivity index (χ2v) is 7.72. The van der Waals surface area contributed by atoms with Crippen LogP contribution in [0.5, 0.6) is 0 Å². The minimum absolute atomic E-state index is 0.000669. The SMILES string of the molecule is Cn1c(Cl)cnc1COC(=O)C12CC3CC(CC(C3)C1)C2. The largest absolute Gasteiger partial charge is 0.457 e.